The fraction of sp³-hybridized carbons (Fsp3) is 0.600. The van der Waals surface area contributed by atoms with Gasteiger partial charge in [0.1, 0.15) is 0 Å². The smallest absolute Gasteiger partial charge is 0.324 e. The van der Waals surface area contributed by atoms with Gasteiger partial charge in [-0.3, -0.25) is 10.1 Å². The van der Waals surface area contributed by atoms with Crippen LogP contribution in [0.3, 0.4) is 0 Å². The Labute approximate surface area is 175 Å². The SMILES string of the molecule is O=C1CCN(CCCOCCCS(=O)(=O)c2ccc(F)c(OCC3CC3)c2)C(=O)N1. The number of hydrogen-bond donors (Lipinski definition) is 1. The summed E-state index contributed by atoms with van der Waals surface area (Å²) in [5, 5.41) is 2.25. The predicted octanol–water partition coefficient (Wildman–Crippen LogP) is 2.13. The van der Waals surface area contributed by atoms with E-state index >= 15 is 0 Å². The quantitative estimate of drug-likeness (QED) is 0.393. The second kappa shape index (κ2) is 10.2. The molecule has 2 fully saturated rings. The van der Waals surface area contributed by atoms with Crippen LogP contribution in [0.1, 0.15) is 32.1 Å². The van der Waals surface area contributed by atoms with Crippen molar-refractivity contribution in [2.24, 2.45) is 5.92 Å². The highest BCUT2D eigenvalue weighted by Crippen LogP contribution is 2.31. The molecule has 0 radical (unpaired) electrons. The van der Waals surface area contributed by atoms with Crippen molar-refractivity contribution in [3.8, 4) is 5.75 Å². The van der Waals surface area contributed by atoms with E-state index in [0.717, 1.165) is 18.9 Å². The minimum absolute atomic E-state index is 0.0253. The number of benzene rings is 1. The first-order chi connectivity index (χ1) is 14.3. The zero-order valence-corrected chi connectivity index (χ0v) is 17.6. The predicted molar refractivity (Wildman–Crippen MR) is 106 cm³/mol. The van der Waals surface area contributed by atoms with Crippen LogP contribution in [0.2, 0.25) is 0 Å². The second-order valence-corrected chi connectivity index (χ2v) is 9.68. The Bertz CT molecular complexity index is 872. The highest BCUT2D eigenvalue weighted by Gasteiger charge is 2.24. The molecule has 0 aromatic heterocycles. The van der Waals surface area contributed by atoms with Gasteiger partial charge in [-0.2, -0.15) is 0 Å². The van der Waals surface area contributed by atoms with Crippen LogP contribution >= 0.6 is 0 Å². The molecule has 0 bridgehead atoms. The lowest BCUT2D eigenvalue weighted by molar-refractivity contribution is -0.121. The molecule has 0 spiro atoms. The summed E-state index contributed by atoms with van der Waals surface area (Å²) >= 11 is 0. The summed E-state index contributed by atoms with van der Waals surface area (Å²) in [4.78, 5) is 24.3. The molecule has 1 saturated heterocycles. The van der Waals surface area contributed by atoms with Crippen molar-refractivity contribution in [3.63, 3.8) is 0 Å². The number of rotatable bonds is 12. The summed E-state index contributed by atoms with van der Waals surface area (Å²) in [6.07, 6.45) is 3.31. The maximum absolute atomic E-state index is 13.8. The number of sulfone groups is 1. The van der Waals surface area contributed by atoms with Crippen molar-refractivity contribution in [3.05, 3.63) is 24.0 Å². The van der Waals surface area contributed by atoms with Gasteiger partial charge in [0, 0.05) is 38.8 Å². The second-order valence-electron chi connectivity index (χ2n) is 7.58. The lowest BCUT2D eigenvalue weighted by Crippen LogP contribution is -2.49. The van der Waals surface area contributed by atoms with E-state index < -0.39 is 21.7 Å². The number of hydrogen-bond acceptors (Lipinski definition) is 6. The van der Waals surface area contributed by atoms with E-state index in [9.17, 15) is 22.4 Å². The molecule has 1 aliphatic carbocycles. The molecule has 1 N–H and O–H groups in total. The van der Waals surface area contributed by atoms with Crippen LogP contribution in [0.15, 0.2) is 23.1 Å². The zero-order valence-electron chi connectivity index (χ0n) is 16.8. The van der Waals surface area contributed by atoms with Gasteiger partial charge in [-0.15, -0.1) is 0 Å². The van der Waals surface area contributed by atoms with Gasteiger partial charge in [-0.25, -0.2) is 17.6 Å². The molecule has 10 heteroatoms. The lowest BCUT2D eigenvalue weighted by atomic mass is 10.3. The molecule has 1 aromatic carbocycles. The van der Waals surface area contributed by atoms with Gasteiger partial charge in [-0.05, 0) is 43.7 Å². The Hall–Kier alpha value is -2.20. The number of amides is 3. The molecular formula is C20H27FN2O6S. The van der Waals surface area contributed by atoms with Crippen molar-refractivity contribution >= 4 is 21.8 Å². The monoisotopic (exact) mass is 442 g/mol. The number of nitrogens with one attached hydrogen (secondary N) is 1. The molecule has 30 heavy (non-hydrogen) atoms. The van der Waals surface area contributed by atoms with Crippen molar-refractivity contribution < 1.29 is 31.9 Å². The van der Waals surface area contributed by atoms with Gasteiger partial charge < -0.3 is 14.4 Å². The number of nitrogens with zero attached hydrogens (tertiary/aromatic N) is 1. The maximum Gasteiger partial charge on any atom is 0.324 e. The molecule has 0 unspecified atom stereocenters. The molecule has 1 aliphatic heterocycles. The maximum atomic E-state index is 13.8. The molecule has 8 nitrogen and oxygen atoms in total. The van der Waals surface area contributed by atoms with Gasteiger partial charge in [0.2, 0.25) is 5.91 Å². The first-order valence-corrected chi connectivity index (χ1v) is 11.8. The van der Waals surface area contributed by atoms with Gasteiger partial charge in [0.05, 0.1) is 17.3 Å². The van der Waals surface area contributed by atoms with E-state index in [1.54, 1.807) is 4.90 Å². The summed E-state index contributed by atoms with van der Waals surface area (Å²) in [6, 6.07) is 3.24. The Morgan fingerprint density at radius 2 is 1.93 bits per heavy atom. The van der Waals surface area contributed by atoms with Crippen molar-refractivity contribution in [2.45, 2.75) is 37.0 Å². The molecule has 166 valence electrons. The molecule has 1 heterocycles. The van der Waals surface area contributed by atoms with Gasteiger partial charge in [-0.1, -0.05) is 0 Å². The van der Waals surface area contributed by atoms with Crippen molar-refractivity contribution in [1.82, 2.24) is 10.2 Å². The van der Waals surface area contributed by atoms with E-state index in [0.29, 0.717) is 51.5 Å². The normalized spacial score (nSPS) is 17.2. The number of imide groups is 1. The van der Waals surface area contributed by atoms with Crippen molar-refractivity contribution in [2.75, 3.05) is 38.7 Å². The first kappa shape index (κ1) is 22.5. The number of urea groups is 1. The van der Waals surface area contributed by atoms with Crippen LogP contribution in [0.5, 0.6) is 5.75 Å². The van der Waals surface area contributed by atoms with Crippen LogP contribution in [0, 0.1) is 11.7 Å². The van der Waals surface area contributed by atoms with Gasteiger partial charge >= 0.3 is 6.03 Å². The van der Waals surface area contributed by atoms with Gasteiger partial charge in [0.15, 0.2) is 21.4 Å². The standard InChI is InChI=1S/C20H27FN2O6S/c21-17-6-5-16(13-18(17)29-14-15-3-4-15)30(26,27)12-2-11-28-10-1-8-23-9-7-19(24)22-20(23)25/h5-6,13,15H,1-4,7-12,14H2,(H,22,24,25). The fourth-order valence-electron chi connectivity index (χ4n) is 3.02. The summed E-state index contributed by atoms with van der Waals surface area (Å²) in [7, 11) is -3.56. The van der Waals surface area contributed by atoms with Crippen LogP contribution in [0.25, 0.3) is 0 Å². The lowest BCUT2D eigenvalue weighted by Gasteiger charge is -2.26. The number of ether oxygens (including phenoxy) is 2. The minimum atomic E-state index is -3.56. The first-order valence-electron chi connectivity index (χ1n) is 10.2. The van der Waals surface area contributed by atoms with Crippen LogP contribution in [-0.2, 0) is 19.4 Å². The fourth-order valence-corrected chi connectivity index (χ4v) is 4.32. The molecule has 0 atom stereocenters. The van der Waals surface area contributed by atoms with Crippen LogP contribution in [0.4, 0.5) is 9.18 Å². The summed E-state index contributed by atoms with van der Waals surface area (Å²) in [6.45, 7) is 1.91. The van der Waals surface area contributed by atoms with E-state index in [4.69, 9.17) is 9.47 Å². The summed E-state index contributed by atoms with van der Waals surface area (Å²) in [5.74, 6) is -0.533. The Kier molecular flexibility index (Phi) is 7.65. The molecule has 3 rings (SSSR count). The van der Waals surface area contributed by atoms with E-state index in [2.05, 4.69) is 5.32 Å². The van der Waals surface area contributed by atoms with E-state index in [-0.39, 0.29) is 28.9 Å². The molecule has 3 amide bonds. The average molecular weight is 443 g/mol. The van der Waals surface area contributed by atoms with E-state index in [1.165, 1.54) is 12.1 Å². The molecule has 1 aromatic rings. The third kappa shape index (κ3) is 6.66. The number of halogens is 1. The minimum Gasteiger partial charge on any atom is -0.490 e. The molecule has 1 saturated carbocycles. The highest BCUT2D eigenvalue weighted by atomic mass is 32.2. The highest BCUT2D eigenvalue weighted by molar-refractivity contribution is 7.91. The van der Waals surface area contributed by atoms with Crippen molar-refractivity contribution in [1.29, 1.82) is 0 Å². The van der Waals surface area contributed by atoms with Crippen LogP contribution in [-0.4, -0.2) is 63.9 Å². The van der Waals surface area contributed by atoms with E-state index in [1.807, 2.05) is 0 Å². The summed E-state index contributed by atoms with van der Waals surface area (Å²) in [5.41, 5.74) is 0. The number of carbonyl (C=O) groups is 2. The Morgan fingerprint density at radius 1 is 1.17 bits per heavy atom. The number of carbonyl (C=O) groups excluding carboxylic acids is 2. The third-order valence-corrected chi connectivity index (χ3v) is 6.79. The molecule has 2 aliphatic rings. The van der Waals surface area contributed by atoms with Gasteiger partial charge in [0.25, 0.3) is 0 Å². The third-order valence-electron chi connectivity index (χ3n) is 4.99. The largest absolute Gasteiger partial charge is 0.490 e. The summed E-state index contributed by atoms with van der Waals surface area (Å²) < 4.78 is 49.7. The van der Waals surface area contributed by atoms with Crippen LogP contribution < -0.4 is 10.1 Å². The molecular weight excluding hydrogens is 415 g/mol. The topological polar surface area (TPSA) is 102 Å². The Morgan fingerprint density at radius 3 is 2.67 bits per heavy atom. The average Bonchev–Trinajstić information content (AvgIpc) is 3.52. The zero-order chi connectivity index (χ0) is 21.6. The Balaban J connectivity index is 1.35.